The summed E-state index contributed by atoms with van der Waals surface area (Å²) in [4.78, 5) is 10.4. The summed E-state index contributed by atoms with van der Waals surface area (Å²) in [6.45, 7) is -0.0720. The third kappa shape index (κ3) is 4.01. The second-order valence-electron chi connectivity index (χ2n) is 4.21. The number of hydrogen-bond donors (Lipinski definition) is 0. The van der Waals surface area contributed by atoms with Gasteiger partial charge in [-0.15, -0.1) is 0 Å². The van der Waals surface area contributed by atoms with E-state index in [1.165, 1.54) is 0 Å². The van der Waals surface area contributed by atoms with Crippen LogP contribution in [0.3, 0.4) is 0 Å². The van der Waals surface area contributed by atoms with Crippen LogP contribution in [-0.2, 0) is 11.9 Å². The van der Waals surface area contributed by atoms with Crippen molar-refractivity contribution in [2.24, 2.45) is 0 Å². The number of hydrogen-bond acceptors (Lipinski definition) is 3. The van der Waals surface area contributed by atoms with Crippen LogP contribution in [0.25, 0.3) is 0 Å². The Morgan fingerprint density at radius 2 is 1.95 bits per heavy atom. The van der Waals surface area contributed by atoms with Gasteiger partial charge in [-0.2, -0.15) is 0 Å². The largest absolute Gasteiger partial charge is 0.489 e. The van der Waals surface area contributed by atoms with Crippen molar-refractivity contribution in [2.75, 3.05) is 0 Å². The molecule has 0 aliphatic carbocycles. The summed E-state index contributed by atoms with van der Waals surface area (Å²) in [5, 5.41) is 11.5. The van der Waals surface area contributed by atoms with E-state index in [9.17, 15) is 14.5 Å². The molecule has 0 aromatic heterocycles. The van der Waals surface area contributed by atoms with Crippen LogP contribution in [0.4, 0.5) is 10.1 Å². The summed E-state index contributed by atoms with van der Waals surface area (Å²) < 4.78 is 19.7. The molecule has 21 heavy (non-hydrogen) atoms. The highest BCUT2D eigenvalue weighted by Gasteiger charge is 2.15. The first-order valence-electron chi connectivity index (χ1n) is 5.91. The number of nitrogens with zero attached hydrogens (tertiary/aromatic N) is 1. The van der Waals surface area contributed by atoms with E-state index in [4.69, 9.17) is 4.74 Å². The SMILES string of the molecule is O=[N+]([O-])c1ccc(F)cc1COc1ccc(Br)c(CBr)c1. The van der Waals surface area contributed by atoms with Gasteiger partial charge in [-0.3, -0.25) is 10.1 Å². The van der Waals surface area contributed by atoms with Crippen LogP contribution in [0, 0.1) is 15.9 Å². The van der Waals surface area contributed by atoms with Gasteiger partial charge >= 0.3 is 0 Å². The molecule has 0 unspecified atom stereocenters. The lowest BCUT2D eigenvalue weighted by atomic mass is 10.2. The molecule has 2 aromatic rings. The number of ether oxygens (including phenoxy) is 1. The third-order valence-corrected chi connectivity index (χ3v) is 4.17. The van der Waals surface area contributed by atoms with Crippen molar-refractivity contribution in [3.05, 3.63) is 67.9 Å². The minimum Gasteiger partial charge on any atom is -0.489 e. The number of alkyl halides is 1. The van der Waals surface area contributed by atoms with E-state index in [2.05, 4.69) is 31.9 Å². The quantitative estimate of drug-likeness (QED) is 0.391. The number of nitro benzene ring substituents is 1. The average Bonchev–Trinajstić information content (AvgIpc) is 2.46. The third-order valence-electron chi connectivity index (χ3n) is 2.79. The fourth-order valence-electron chi connectivity index (χ4n) is 1.75. The van der Waals surface area contributed by atoms with Gasteiger partial charge in [0.25, 0.3) is 5.69 Å². The second-order valence-corrected chi connectivity index (χ2v) is 5.62. The smallest absolute Gasteiger partial charge is 0.276 e. The van der Waals surface area contributed by atoms with Crippen molar-refractivity contribution in [1.82, 2.24) is 0 Å². The van der Waals surface area contributed by atoms with Crippen LogP contribution < -0.4 is 4.74 Å². The van der Waals surface area contributed by atoms with Crippen LogP contribution in [-0.4, -0.2) is 4.92 Å². The van der Waals surface area contributed by atoms with Gasteiger partial charge in [0.2, 0.25) is 0 Å². The van der Waals surface area contributed by atoms with Crippen LogP contribution in [0.2, 0.25) is 0 Å². The van der Waals surface area contributed by atoms with Gasteiger partial charge in [-0.1, -0.05) is 31.9 Å². The summed E-state index contributed by atoms with van der Waals surface area (Å²) in [6.07, 6.45) is 0. The fraction of sp³-hybridized carbons (Fsp3) is 0.143. The monoisotopic (exact) mass is 417 g/mol. The zero-order valence-electron chi connectivity index (χ0n) is 10.7. The van der Waals surface area contributed by atoms with Gasteiger partial charge in [-0.25, -0.2) is 4.39 Å². The summed E-state index contributed by atoms with van der Waals surface area (Å²) in [5.41, 5.74) is 1.03. The zero-order valence-corrected chi connectivity index (χ0v) is 13.9. The molecule has 0 aliphatic heterocycles. The lowest BCUT2D eigenvalue weighted by molar-refractivity contribution is -0.385. The Labute approximate surface area is 137 Å². The molecule has 0 bridgehead atoms. The molecule has 2 aromatic carbocycles. The fourth-order valence-corrected chi connectivity index (χ4v) is 2.98. The van der Waals surface area contributed by atoms with Crippen molar-refractivity contribution in [1.29, 1.82) is 0 Å². The molecule has 4 nitrogen and oxygen atoms in total. The molecule has 110 valence electrons. The molecule has 0 atom stereocenters. The van der Waals surface area contributed by atoms with Crippen molar-refractivity contribution < 1.29 is 14.1 Å². The molecule has 2 rings (SSSR count). The normalized spacial score (nSPS) is 10.4. The molecule has 0 saturated heterocycles. The van der Waals surface area contributed by atoms with E-state index < -0.39 is 10.7 Å². The first kappa shape index (κ1) is 15.9. The Balaban J connectivity index is 2.20. The number of nitro groups is 1. The number of rotatable bonds is 5. The molecule has 0 amide bonds. The maximum absolute atomic E-state index is 13.2. The van der Waals surface area contributed by atoms with E-state index in [-0.39, 0.29) is 17.9 Å². The maximum Gasteiger partial charge on any atom is 0.276 e. The molecule has 0 radical (unpaired) electrons. The Morgan fingerprint density at radius 1 is 1.19 bits per heavy atom. The van der Waals surface area contributed by atoms with Crippen LogP contribution >= 0.6 is 31.9 Å². The van der Waals surface area contributed by atoms with Gasteiger partial charge in [-0.05, 0) is 35.9 Å². The van der Waals surface area contributed by atoms with E-state index in [1.807, 2.05) is 12.1 Å². The topological polar surface area (TPSA) is 52.4 Å². The van der Waals surface area contributed by atoms with E-state index >= 15 is 0 Å². The summed E-state index contributed by atoms with van der Waals surface area (Å²) in [6, 6.07) is 8.68. The molecule has 0 heterocycles. The lowest BCUT2D eigenvalue weighted by Crippen LogP contribution is -2.01. The van der Waals surface area contributed by atoms with Gasteiger partial charge in [0.15, 0.2) is 0 Å². The average molecular weight is 419 g/mol. The Morgan fingerprint density at radius 3 is 2.62 bits per heavy atom. The van der Waals surface area contributed by atoms with E-state index in [0.717, 1.165) is 28.2 Å². The Hall–Kier alpha value is -1.47. The zero-order chi connectivity index (χ0) is 15.4. The molecule has 0 fully saturated rings. The summed E-state index contributed by atoms with van der Waals surface area (Å²) in [5.74, 6) is 0.0300. The van der Waals surface area contributed by atoms with Crippen molar-refractivity contribution >= 4 is 37.5 Å². The minimum atomic E-state index is -0.552. The van der Waals surface area contributed by atoms with Crippen LogP contribution in [0.1, 0.15) is 11.1 Å². The first-order chi connectivity index (χ1) is 10.0. The van der Waals surface area contributed by atoms with Crippen LogP contribution in [0.15, 0.2) is 40.9 Å². The highest BCUT2D eigenvalue weighted by atomic mass is 79.9. The van der Waals surface area contributed by atoms with Crippen LogP contribution in [0.5, 0.6) is 5.75 Å². The van der Waals surface area contributed by atoms with Crippen molar-refractivity contribution in [3.63, 3.8) is 0 Å². The molecule has 0 N–H and O–H groups in total. The van der Waals surface area contributed by atoms with Gasteiger partial charge in [0, 0.05) is 15.9 Å². The van der Waals surface area contributed by atoms with E-state index in [0.29, 0.717) is 11.1 Å². The lowest BCUT2D eigenvalue weighted by Gasteiger charge is -2.09. The molecule has 7 heteroatoms. The minimum absolute atomic E-state index is 0.0720. The Kier molecular flexibility index (Phi) is 5.30. The Bertz CT molecular complexity index is 679. The second kappa shape index (κ2) is 7.00. The molecule has 0 aliphatic rings. The predicted molar refractivity (Wildman–Crippen MR) is 84.2 cm³/mol. The molecule has 0 spiro atoms. The number of halogens is 3. The van der Waals surface area contributed by atoms with Crippen molar-refractivity contribution in [3.8, 4) is 5.75 Å². The molecule has 0 saturated carbocycles. The summed E-state index contributed by atoms with van der Waals surface area (Å²) >= 11 is 6.76. The first-order valence-corrected chi connectivity index (χ1v) is 7.82. The highest BCUT2D eigenvalue weighted by Crippen LogP contribution is 2.26. The van der Waals surface area contributed by atoms with E-state index in [1.54, 1.807) is 6.07 Å². The van der Waals surface area contributed by atoms with Crippen molar-refractivity contribution in [2.45, 2.75) is 11.9 Å². The molecular weight excluding hydrogens is 409 g/mol. The predicted octanol–water partition coefficient (Wildman–Crippen LogP) is 4.97. The highest BCUT2D eigenvalue weighted by molar-refractivity contribution is 9.10. The maximum atomic E-state index is 13.2. The standard InChI is InChI=1S/C14H10Br2FNO3/c15-7-9-6-12(2-3-13(9)16)21-8-10-5-11(17)1-4-14(10)18(19)20/h1-6H,7-8H2. The van der Waals surface area contributed by atoms with Gasteiger partial charge < -0.3 is 4.74 Å². The summed E-state index contributed by atoms with van der Waals surface area (Å²) in [7, 11) is 0. The van der Waals surface area contributed by atoms with Gasteiger partial charge in [0.05, 0.1) is 10.5 Å². The molecular formula is C14H10Br2FNO3. The van der Waals surface area contributed by atoms with Gasteiger partial charge in [0.1, 0.15) is 18.2 Å². The number of benzene rings is 2.